The molecule has 6 heteroatoms. The number of nitrogens with zero attached hydrogens (tertiary/aromatic N) is 1. The number of carbonyl (C=O) groups is 2. The number of hydrogen-bond donors (Lipinski definition) is 3. The Morgan fingerprint density at radius 2 is 1.95 bits per heavy atom. The zero-order valence-corrected chi connectivity index (χ0v) is 11.1. The summed E-state index contributed by atoms with van der Waals surface area (Å²) >= 11 is 0. The maximum atomic E-state index is 11.9. The fourth-order valence-corrected chi connectivity index (χ4v) is 1.63. The number of rotatable bonds is 5. The van der Waals surface area contributed by atoms with Crippen molar-refractivity contribution in [2.45, 2.75) is 12.5 Å². The summed E-state index contributed by atoms with van der Waals surface area (Å²) in [5, 5.41) is 11.6. The number of aromatic hydroxyl groups is 1. The zero-order chi connectivity index (χ0) is 14.4. The molecule has 0 bridgehead atoms. The molecule has 0 aromatic heterocycles. The lowest BCUT2D eigenvalue weighted by atomic mass is 10.1. The van der Waals surface area contributed by atoms with E-state index in [4.69, 9.17) is 10.8 Å². The summed E-state index contributed by atoms with van der Waals surface area (Å²) < 4.78 is 0. The number of carbonyl (C=O) groups excluding carboxylic acids is 2. The average molecular weight is 265 g/mol. The van der Waals surface area contributed by atoms with E-state index in [1.165, 1.54) is 19.0 Å². The molecule has 1 rings (SSSR count). The van der Waals surface area contributed by atoms with Gasteiger partial charge < -0.3 is 21.1 Å². The fourth-order valence-electron chi connectivity index (χ4n) is 1.63. The predicted octanol–water partition coefficient (Wildman–Crippen LogP) is -0.534. The van der Waals surface area contributed by atoms with Gasteiger partial charge in [-0.2, -0.15) is 0 Å². The number of benzene rings is 1. The molecule has 0 spiro atoms. The molecule has 0 aliphatic carbocycles. The summed E-state index contributed by atoms with van der Waals surface area (Å²) in [5.74, 6) is -0.371. The quantitative estimate of drug-likeness (QED) is 0.666. The molecule has 0 saturated carbocycles. The minimum Gasteiger partial charge on any atom is -0.508 e. The lowest BCUT2D eigenvalue weighted by Crippen LogP contribution is -2.46. The van der Waals surface area contributed by atoms with Gasteiger partial charge in [0.2, 0.25) is 11.8 Å². The Balaban J connectivity index is 2.57. The predicted molar refractivity (Wildman–Crippen MR) is 71.5 cm³/mol. The summed E-state index contributed by atoms with van der Waals surface area (Å²) in [6.45, 7) is -0.0153. The molecule has 0 heterocycles. The van der Waals surface area contributed by atoms with E-state index in [2.05, 4.69) is 5.32 Å². The van der Waals surface area contributed by atoms with Crippen molar-refractivity contribution in [3.63, 3.8) is 0 Å². The Bertz CT molecular complexity index is 445. The number of likely N-dealkylation sites (N-methyl/N-ethyl adjacent to an activating group) is 2. The van der Waals surface area contributed by atoms with Crippen molar-refractivity contribution in [3.8, 4) is 5.75 Å². The SMILES string of the molecule is CNC(=O)CN(C)C(=O)[C@@H](N)Cc1ccc(O)cc1. The fraction of sp³-hybridized carbons (Fsp3) is 0.385. The highest BCUT2D eigenvalue weighted by Crippen LogP contribution is 2.11. The van der Waals surface area contributed by atoms with Gasteiger partial charge >= 0.3 is 0 Å². The van der Waals surface area contributed by atoms with Crippen LogP contribution in [0.25, 0.3) is 0 Å². The first-order valence-corrected chi connectivity index (χ1v) is 5.93. The van der Waals surface area contributed by atoms with Crippen LogP contribution in [0.1, 0.15) is 5.56 Å². The molecular weight excluding hydrogens is 246 g/mol. The van der Waals surface area contributed by atoms with Crippen LogP contribution in [0.2, 0.25) is 0 Å². The number of amides is 2. The number of phenolic OH excluding ortho intramolecular Hbond substituents is 1. The van der Waals surface area contributed by atoms with Crippen LogP contribution in [-0.4, -0.2) is 48.5 Å². The summed E-state index contributed by atoms with van der Waals surface area (Å²) in [4.78, 5) is 24.4. The van der Waals surface area contributed by atoms with Gasteiger partial charge in [0.1, 0.15) is 5.75 Å². The van der Waals surface area contributed by atoms with Crippen molar-refractivity contribution >= 4 is 11.8 Å². The summed E-state index contributed by atoms with van der Waals surface area (Å²) in [5.41, 5.74) is 6.67. The Hall–Kier alpha value is -2.08. The zero-order valence-electron chi connectivity index (χ0n) is 11.1. The number of nitrogens with two attached hydrogens (primary N) is 1. The second kappa shape index (κ2) is 6.75. The summed E-state index contributed by atoms with van der Waals surface area (Å²) in [7, 11) is 3.05. The highest BCUT2D eigenvalue weighted by Gasteiger charge is 2.19. The first kappa shape index (κ1) is 15.0. The van der Waals surface area contributed by atoms with Crippen molar-refractivity contribution in [2.24, 2.45) is 5.73 Å². The van der Waals surface area contributed by atoms with E-state index < -0.39 is 6.04 Å². The van der Waals surface area contributed by atoms with Crippen molar-refractivity contribution in [3.05, 3.63) is 29.8 Å². The molecule has 0 radical (unpaired) electrons. The van der Waals surface area contributed by atoms with Crippen LogP contribution in [0, 0.1) is 0 Å². The van der Waals surface area contributed by atoms with Gasteiger partial charge in [-0.15, -0.1) is 0 Å². The Kier molecular flexibility index (Phi) is 5.32. The smallest absolute Gasteiger partial charge is 0.240 e. The lowest BCUT2D eigenvalue weighted by molar-refractivity contribution is -0.135. The molecule has 1 atom stereocenters. The third-order valence-electron chi connectivity index (χ3n) is 2.74. The molecule has 6 nitrogen and oxygen atoms in total. The highest BCUT2D eigenvalue weighted by molar-refractivity contribution is 5.87. The molecule has 2 amide bonds. The molecule has 0 aliphatic rings. The molecular formula is C13H19N3O3. The summed E-state index contributed by atoms with van der Waals surface area (Å²) in [6, 6.07) is 5.79. The molecule has 0 aliphatic heterocycles. The number of nitrogens with one attached hydrogen (secondary N) is 1. The van der Waals surface area contributed by atoms with Crippen LogP contribution in [-0.2, 0) is 16.0 Å². The molecule has 0 fully saturated rings. The van der Waals surface area contributed by atoms with E-state index in [9.17, 15) is 9.59 Å². The van der Waals surface area contributed by atoms with Crippen molar-refractivity contribution in [1.82, 2.24) is 10.2 Å². The van der Waals surface area contributed by atoms with Gasteiger partial charge in [-0.3, -0.25) is 9.59 Å². The molecule has 1 aromatic rings. The normalized spacial score (nSPS) is 11.7. The van der Waals surface area contributed by atoms with Gasteiger partial charge in [0, 0.05) is 14.1 Å². The van der Waals surface area contributed by atoms with Gasteiger partial charge in [0.25, 0.3) is 0 Å². The molecule has 0 saturated heterocycles. The molecule has 104 valence electrons. The minimum atomic E-state index is -0.709. The minimum absolute atomic E-state index is 0.0153. The molecule has 1 aromatic carbocycles. The Morgan fingerprint density at radius 3 is 2.47 bits per heavy atom. The number of phenols is 1. The Morgan fingerprint density at radius 1 is 1.37 bits per heavy atom. The van der Waals surface area contributed by atoms with Gasteiger partial charge in [-0.1, -0.05) is 12.1 Å². The van der Waals surface area contributed by atoms with E-state index in [0.29, 0.717) is 6.42 Å². The third kappa shape index (κ3) is 4.59. The van der Waals surface area contributed by atoms with Crippen molar-refractivity contribution in [1.29, 1.82) is 0 Å². The van der Waals surface area contributed by atoms with Crippen molar-refractivity contribution < 1.29 is 14.7 Å². The van der Waals surface area contributed by atoms with Crippen LogP contribution < -0.4 is 11.1 Å². The van der Waals surface area contributed by atoms with E-state index in [1.807, 2.05) is 0 Å². The van der Waals surface area contributed by atoms with Gasteiger partial charge in [-0.05, 0) is 24.1 Å². The van der Waals surface area contributed by atoms with E-state index in [-0.39, 0.29) is 24.1 Å². The third-order valence-corrected chi connectivity index (χ3v) is 2.74. The summed E-state index contributed by atoms with van der Waals surface area (Å²) in [6.07, 6.45) is 0.358. The molecule has 0 unspecified atom stereocenters. The van der Waals surface area contributed by atoms with Crippen LogP contribution >= 0.6 is 0 Å². The van der Waals surface area contributed by atoms with Crippen LogP contribution in [0.15, 0.2) is 24.3 Å². The lowest BCUT2D eigenvalue weighted by Gasteiger charge is -2.20. The Labute approximate surface area is 112 Å². The highest BCUT2D eigenvalue weighted by atomic mass is 16.3. The van der Waals surface area contributed by atoms with Gasteiger partial charge in [0.05, 0.1) is 12.6 Å². The van der Waals surface area contributed by atoms with Crippen LogP contribution in [0.3, 0.4) is 0 Å². The van der Waals surface area contributed by atoms with Crippen molar-refractivity contribution in [2.75, 3.05) is 20.6 Å². The van der Waals surface area contributed by atoms with Crippen LogP contribution in [0.5, 0.6) is 5.75 Å². The average Bonchev–Trinajstić information content (AvgIpc) is 2.40. The topological polar surface area (TPSA) is 95.7 Å². The van der Waals surface area contributed by atoms with E-state index in [0.717, 1.165) is 5.56 Å². The first-order valence-electron chi connectivity index (χ1n) is 5.93. The standard InChI is InChI=1S/C13H19N3O3/c1-15-12(18)8-16(2)13(19)11(14)7-9-3-5-10(17)6-4-9/h3-6,11,17H,7-8,14H2,1-2H3,(H,15,18)/t11-/m0/s1. The maximum Gasteiger partial charge on any atom is 0.240 e. The molecule has 4 N–H and O–H groups in total. The van der Waals surface area contributed by atoms with Gasteiger partial charge in [-0.25, -0.2) is 0 Å². The van der Waals surface area contributed by atoms with E-state index >= 15 is 0 Å². The largest absolute Gasteiger partial charge is 0.508 e. The second-order valence-corrected chi connectivity index (χ2v) is 4.34. The number of hydrogen-bond acceptors (Lipinski definition) is 4. The second-order valence-electron chi connectivity index (χ2n) is 4.34. The maximum absolute atomic E-state index is 11.9. The van der Waals surface area contributed by atoms with Gasteiger partial charge in [0.15, 0.2) is 0 Å². The monoisotopic (exact) mass is 265 g/mol. The van der Waals surface area contributed by atoms with E-state index in [1.54, 1.807) is 24.3 Å². The first-order chi connectivity index (χ1) is 8.93. The molecule has 19 heavy (non-hydrogen) atoms. The van der Waals surface area contributed by atoms with Crippen LogP contribution in [0.4, 0.5) is 0 Å².